The van der Waals surface area contributed by atoms with Crippen LogP contribution in [0.15, 0.2) is 24.3 Å². The molecule has 2 heterocycles. The van der Waals surface area contributed by atoms with Crippen LogP contribution < -0.4 is 15.4 Å². The zero-order valence-electron chi connectivity index (χ0n) is 14.9. The molecule has 2 fully saturated rings. The van der Waals surface area contributed by atoms with E-state index in [0.29, 0.717) is 37.6 Å². The van der Waals surface area contributed by atoms with Gasteiger partial charge in [-0.25, -0.2) is 0 Å². The van der Waals surface area contributed by atoms with Crippen LogP contribution in [-0.4, -0.2) is 73.4 Å². The number of carbonyl (C=O) groups excluding carboxylic acids is 3. The summed E-state index contributed by atoms with van der Waals surface area (Å²) < 4.78 is 5.07. The molecule has 0 spiro atoms. The van der Waals surface area contributed by atoms with Crippen LogP contribution in [0.4, 0.5) is 5.69 Å². The normalized spacial score (nSPS) is 20.7. The zero-order chi connectivity index (χ0) is 18.5. The van der Waals surface area contributed by atoms with Crippen molar-refractivity contribution in [2.75, 3.05) is 45.2 Å². The molecule has 1 aromatic rings. The van der Waals surface area contributed by atoms with E-state index in [9.17, 15) is 14.4 Å². The molecule has 1 atom stereocenters. The second-order valence-electron chi connectivity index (χ2n) is 6.49. The molecule has 0 saturated carbocycles. The van der Waals surface area contributed by atoms with Gasteiger partial charge in [-0.05, 0) is 37.1 Å². The number of likely N-dealkylation sites (tertiary alicyclic amines) is 1. The number of hydrogen-bond acceptors (Lipinski definition) is 5. The van der Waals surface area contributed by atoms with Crippen molar-refractivity contribution in [2.24, 2.45) is 0 Å². The number of rotatable bonds is 3. The number of carbonyl (C=O) groups is 3. The first-order valence-electron chi connectivity index (χ1n) is 8.83. The smallest absolute Gasteiger partial charge is 0.313 e. The predicted octanol–water partition coefficient (Wildman–Crippen LogP) is 0.0565. The fourth-order valence-electron chi connectivity index (χ4n) is 3.40. The number of piperidine rings is 1. The van der Waals surface area contributed by atoms with Gasteiger partial charge in [0.1, 0.15) is 5.75 Å². The van der Waals surface area contributed by atoms with Crippen molar-refractivity contribution in [3.63, 3.8) is 0 Å². The monoisotopic (exact) mass is 360 g/mol. The van der Waals surface area contributed by atoms with Crippen LogP contribution in [0, 0.1) is 0 Å². The van der Waals surface area contributed by atoms with Gasteiger partial charge in [0, 0.05) is 37.9 Å². The summed E-state index contributed by atoms with van der Waals surface area (Å²) in [5, 5.41) is 5.66. The Hall–Kier alpha value is -2.61. The summed E-state index contributed by atoms with van der Waals surface area (Å²) in [5.41, 5.74) is 0.537. The molecular weight excluding hydrogens is 336 g/mol. The number of hydrogen-bond donors (Lipinski definition) is 2. The van der Waals surface area contributed by atoms with E-state index < -0.39 is 11.8 Å². The Labute approximate surface area is 152 Å². The van der Waals surface area contributed by atoms with Crippen LogP contribution in [0.25, 0.3) is 0 Å². The zero-order valence-corrected chi connectivity index (χ0v) is 14.9. The van der Waals surface area contributed by atoms with E-state index in [2.05, 4.69) is 10.6 Å². The molecule has 0 aromatic heterocycles. The highest BCUT2D eigenvalue weighted by molar-refractivity contribution is 6.39. The molecule has 0 aliphatic carbocycles. The lowest BCUT2D eigenvalue weighted by Crippen LogP contribution is -2.58. The second-order valence-corrected chi connectivity index (χ2v) is 6.49. The number of nitrogens with zero attached hydrogens (tertiary/aromatic N) is 2. The van der Waals surface area contributed by atoms with E-state index in [1.807, 2.05) is 4.90 Å². The molecule has 1 aromatic carbocycles. The van der Waals surface area contributed by atoms with Gasteiger partial charge < -0.3 is 25.2 Å². The van der Waals surface area contributed by atoms with Gasteiger partial charge in [-0.15, -0.1) is 0 Å². The van der Waals surface area contributed by atoms with Crippen molar-refractivity contribution in [3.05, 3.63) is 24.3 Å². The summed E-state index contributed by atoms with van der Waals surface area (Å²) in [6.45, 7) is 2.67. The number of methoxy groups -OCH3 is 1. The lowest BCUT2D eigenvalue weighted by molar-refractivity contribution is -0.146. The molecule has 8 nitrogen and oxygen atoms in total. The van der Waals surface area contributed by atoms with Crippen molar-refractivity contribution in [2.45, 2.75) is 18.9 Å². The SMILES string of the molecule is COc1ccc(NC(=O)C(=O)N2CCC[C@H](N3CCNCC3=O)C2)cc1. The minimum absolute atomic E-state index is 0.0175. The van der Waals surface area contributed by atoms with E-state index in [1.165, 1.54) is 0 Å². The number of amides is 3. The Kier molecular flexibility index (Phi) is 5.72. The van der Waals surface area contributed by atoms with E-state index in [0.717, 1.165) is 19.4 Å². The van der Waals surface area contributed by atoms with Crippen LogP contribution in [0.2, 0.25) is 0 Å². The van der Waals surface area contributed by atoms with Crippen LogP contribution >= 0.6 is 0 Å². The number of anilines is 1. The minimum Gasteiger partial charge on any atom is -0.497 e. The molecule has 3 rings (SSSR count). The molecule has 0 unspecified atom stereocenters. The summed E-state index contributed by atoms with van der Waals surface area (Å²) in [7, 11) is 1.56. The third-order valence-electron chi connectivity index (χ3n) is 4.79. The highest BCUT2D eigenvalue weighted by Crippen LogP contribution is 2.18. The number of piperazine rings is 1. The third kappa shape index (κ3) is 4.13. The van der Waals surface area contributed by atoms with Crippen LogP contribution in [-0.2, 0) is 14.4 Å². The minimum atomic E-state index is -0.664. The standard InChI is InChI=1S/C18H24N4O4/c1-26-15-6-4-13(5-7-15)20-17(24)18(25)21-9-2-3-14(12-21)22-10-8-19-11-16(22)23/h4-7,14,19H,2-3,8-12H2,1H3,(H,20,24)/t14-/m0/s1. The van der Waals surface area contributed by atoms with E-state index >= 15 is 0 Å². The van der Waals surface area contributed by atoms with Crippen LogP contribution in [0.1, 0.15) is 12.8 Å². The molecule has 3 amide bonds. The van der Waals surface area contributed by atoms with Gasteiger partial charge in [0.25, 0.3) is 0 Å². The summed E-state index contributed by atoms with van der Waals surface area (Å²) >= 11 is 0. The average molecular weight is 360 g/mol. The van der Waals surface area contributed by atoms with Gasteiger partial charge >= 0.3 is 11.8 Å². The predicted molar refractivity (Wildman–Crippen MR) is 95.8 cm³/mol. The molecule has 8 heteroatoms. The second kappa shape index (κ2) is 8.18. The fourth-order valence-corrected chi connectivity index (χ4v) is 3.40. The quantitative estimate of drug-likeness (QED) is 0.744. The highest BCUT2D eigenvalue weighted by atomic mass is 16.5. The summed E-state index contributed by atoms with van der Waals surface area (Å²) in [4.78, 5) is 40.2. The van der Waals surface area contributed by atoms with Gasteiger partial charge in [0.2, 0.25) is 5.91 Å². The molecule has 2 aliphatic heterocycles. The Morgan fingerprint density at radius 3 is 2.69 bits per heavy atom. The Balaban J connectivity index is 1.59. The summed E-state index contributed by atoms with van der Waals surface area (Å²) in [5.74, 6) is -0.498. The summed E-state index contributed by atoms with van der Waals surface area (Å²) in [6, 6.07) is 6.78. The molecule has 2 N–H and O–H groups in total. The van der Waals surface area contributed by atoms with Crippen molar-refractivity contribution in [3.8, 4) is 5.75 Å². The molecule has 0 bridgehead atoms. The molecular formula is C18H24N4O4. The van der Waals surface area contributed by atoms with Gasteiger partial charge in [0.05, 0.1) is 13.7 Å². The van der Waals surface area contributed by atoms with Crippen molar-refractivity contribution in [1.82, 2.24) is 15.1 Å². The van der Waals surface area contributed by atoms with Gasteiger partial charge in [-0.2, -0.15) is 0 Å². The lowest BCUT2D eigenvalue weighted by Gasteiger charge is -2.40. The van der Waals surface area contributed by atoms with Gasteiger partial charge in [0.15, 0.2) is 0 Å². The summed E-state index contributed by atoms with van der Waals surface area (Å²) in [6.07, 6.45) is 1.64. The lowest BCUT2D eigenvalue weighted by atomic mass is 10.0. The molecule has 0 radical (unpaired) electrons. The first kappa shape index (κ1) is 18.2. The third-order valence-corrected chi connectivity index (χ3v) is 4.79. The van der Waals surface area contributed by atoms with E-state index in [-0.39, 0.29) is 11.9 Å². The molecule has 140 valence electrons. The van der Waals surface area contributed by atoms with Crippen molar-refractivity contribution >= 4 is 23.4 Å². The van der Waals surface area contributed by atoms with E-state index in [1.54, 1.807) is 36.3 Å². The Morgan fingerprint density at radius 2 is 2.00 bits per heavy atom. The topological polar surface area (TPSA) is 91.0 Å². The number of ether oxygens (including phenoxy) is 1. The average Bonchev–Trinajstić information content (AvgIpc) is 2.68. The highest BCUT2D eigenvalue weighted by Gasteiger charge is 2.33. The first-order valence-corrected chi connectivity index (χ1v) is 8.83. The maximum atomic E-state index is 12.5. The van der Waals surface area contributed by atoms with E-state index in [4.69, 9.17) is 4.74 Å². The number of benzene rings is 1. The van der Waals surface area contributed by atoms with Crippen molar-refractivity contribution in [1.29, 1.82) is 0 Å². The first-order chi connectivity index (χ1) is 12.6. The molecule has 2 saturated heterocycles. The maximum Gasteiger partial charge on any atom is 0.313 e. The Morgan fingerprint density at radius 1 is 1.23 bits per heavy atom. The number of nitrogens with one attached hydrogen (secondary N) is 2. The maximum absolute atomic E-state index is 12.5. The molecule has 2 aliphatic rings. The van der Waals surface area contributed by atoms with Crippen LogP contribution in [0.5, 0.6) is 5.75 Å². The largest absolute Gasteiger partial charge is 0.497 e. The van der Waals surface area contributed by atoms with Crippen molar-refractivity contribution < 1.29 is 19.1 Å². The van der Waals surface area contributed by atoms with Gasteiger partial charge in [-0.1, -0.05) is 0 Å². The Bertz CT molecular complexity index is 676. The fraction of sp³-hybridized carbons (Fsp3) is 0.500. The molecule has 26 heavy (non-hydrogen) atoms. The van der Waals surface area contributed by atoms with Crippen LogP contribution in [0.3, 0.4) is 0 Å². The van der Waals surface area contributed by atoms with Gasteiger partial charge in [-0.3, -0.25) is 14.4 Å².